The van der Waals surface area contributed by atoms with E-state index in [0.717, 1.165) is 11.8 Å². The standard InChI is InChI=1S/C11H23N/c1-3-9(2)10-7-5-4-6-8-11(10)12/h9-11H,3-8,12H2,1-2H3. The fraction of sp³-hybridized carbons (Fsp3) is 1.00. The van der Waals surface area contributed by atoms with Gasteiger partial charge in [-0.3, -0.25) is 0 Å². The van der Waals surface area contributed by atoms with Crippen LogP contribution in [0.2, 0.25) is 0 Å². The van der Waals surface area contributed by atoms with Crippen LogP contribution in [0.1, 0.15) is 52.4 Å². The Morgan fingerprint density at radius 2 is 1.92 bits per heavy atom. The lowest BCUT2D eigenvalue weighted by molar-refractivity contribution is 0.276. The van der Waals surface area contributed by atoms with Crippen molar-refractivity contribution in [2.45, 2.75) is 58.4 Å². The lowest BCUT2D eigenvalue weighted by atomic mass is 9.83. The van der Waals surface area contributed by atoms with Gasteiger partial charge in [0.25, 0.3) is 0 Å². The van der Waals surface area contributed by atoms with Crippen molar-refractivity contribution < 1.29 is 0 Å². The second-order valence-electron chi connectivity index (χ2n) is 4.35. The topological polar surface area (TPSA) is 26.0 Å². The Labute approximate surface area is 76.7 Å². The molecular weight excluding hydrogens is 146 g/mol. The van der Waals surface area contributed by atoms with Crippen LogP contribution in [0.25, 0.3) is 0 Å². The molecule has 1 fully saturated rings. The van der Waals surface area contributed by atoms with Crippen LogP contribution >= 0.6 is 0 Å². The van der Waals surface area contributed by atoms with Crippen LogP contribution in [0, 0.1) is 11.8 Å². The third kappa shape index (κ3) is 2.48. The minimum absolute atomic E-state index is 0.488. The molecule has 2 N–H and O–H groups in total. The Bertz CT molecular complexity index is 122. The normalized spacial score (nSPS) is 34.2. The SMILES string of the molecule is CCC(C)C1CCCCCC1N. The van der Waals surface area contributed by atoms with E-state index in [9.17, 15) is 0 Å². The van der Waals surface area contributed by atoms with Gasteiger partial charge in [-0.05, 0) is 24.7 Å². The van der Waals surface area contributed by atoms with Gasteiger partial charge in [-0.25, -0.2) is 0 Å². The van der Waals surface area contributed by atoms with Gasteiger partial charge in [0.15, 0.2) is 0 Å². The first kappa shape index (κ1) is 10.0. The van der Waals surface area contributed by atoms with E-state index in [4.69, 9.17) is 5.73 Å². The number of rotatable bonds is 2. The average molecular weight is 169 g/mol. The molecule has 1 aliphatic carbocycles. The highest BCUT2D eigenvalue weighted by atomic mass is 14.7. The third-order valence-corrected chi connectivity index (χ3v) is 3.50. The van der Waals surface area contributed by atoms with Crippen molar-refractivity contribution in [3.8, 4) is 0 Å². The summed E-state index contributed by atoms with van der Waals surface area (Å²) in [5, 5.41) is 0. The molecule has 3 atom stereocenters. The van der Waals surface area contributed by atoms with E-state index < -0.39 is 0 Å². The van der Waals surface area contributed by atoms with Crippen molar-refractivity contribution >= 4 is 0 Å². The molecule has 0 aromatic heterocycles. The maximum atomic E-state index is 6.16. The van der Waals surface area contributed by atoms with Gasteiger partial charge in [-0.15, -0.1) is 0 Å². The van der Waals surface area contributed by atoms with Crippen LogP contribution in [-0.4, -0.2) is 6.04 Å². The molecular formula is C11H23N. The summed E-state index contributed by atoms with van der Waals surface area (Å²) in [5.74, 6) is 1.63. The van der Waals surface area contributed by atoms with Crippen molar-refractivity contribution in [3.05, 3.63) is 0 Å². The van der Waals surface area contributed by atoms with E-state index in [1.165, 1.54) is 38.5 Å². The van der Waals surface area contributed by atoms with Crippen molar-refractivity contribution in [3.63, 3.8) is 0 Å². The van der Waals surface area contributed by atoms with Crippen LogP contribution in [-0.2, 0) is 0 Å². The summed E-state index contributed by atoms with van der Waals surface area (Å²) >= 11 is 0. The zero-order chi connectivity index (χ0) is 8.97. The minimum Gasteiger partial charge on any atom is -0.327 e. The van der Waals surface area contributed by atoms with Crippen LogP contribution in [0.4, 0.5) is 0 Å². The average Bonchev–Trinajstić information content (AvgIpc) is 2.28. The fourth-order valence-corrected chi connectivity index (χ4v) is 2.37. The first-order valence-electron chi connectivity index (χ1n) is 5.51. The van der Waals surface area contributed by atoms with E-state index in [-0.39, 0.29) is 0 Å². The van der Waals surface area contributed by atoms with Gasteiger partial charge in [0, 0.05) is 6.04 Å². The Hall–Kier alpha value is -0.0400. The quantitative estimate of drug-likeness (QED) is 0.632. The van der Waals surface area contributed by atoms with E-state index in [1.54, 1.807) is 0 Å². The molecule has 3 unspecified atom stereocenters. The maximum Gasteiger partial charge on any atom is 0.00697 e. The van der Waals surface area contributed by atoms with Crippen LogP contribution in [0.5, 0.6) is 0 Å². The second-order valence-corrected chi connectivity index (χ2v) is 4.35. The lowest BCUT2D eigenvalue weighted by Gasteiger charge is -2.26. The summed E-state index contributed by atoms with van der Waals surface area (Å²) in [6, 6.07) is 0.488. The van der Waals surface area contributed by atoms with Gasteiger partial charge in [-0.1, -0.05) is 39.5 Å². The zero-order valence-corrected chi connectivity index (χ0v) is 8.55. The molecule has 0 heterocycles. The van der Waals surface area contributed by atoms with E-state index in [2.05, 4.69) is 13.8 Å². The highest BCUT2D eigenvalue weighted by Crippen LogP contribution is 2.29. The molecule has 12 heavy (non-hydrogen) atoms. The molecule has 0 saturated heterocycles. The lowest BCUT2D eigenvalue weighted by Crippen LogP contribution is -2.33. The molecule has 72 valence electrons. The molecule has 0 amide bonds. The van der Waals surface area contributed by atoms with E-state index in [1.807, 2.05) is 0 Å². The largest absolute Gasteiger partial charge is 0.327 e. The van der Waals surface area contributed by atoms with Gasteiger partial charge in [0.2, 0.25) is 0 Å². The zero-order valence-electron chi connectivity index (χ0n) is 8.55. The molecule has 0 bridgehead atoms. The smallest absolute Gasteiger partial charge is 0.00697 e. The van der Waals surface area contributed by atoms with Crippen molar-refractivity contribution in [2.75, 3.05) is 0 Å². The fourth-order valence-electron chi connectivity index (χ4n) is 2.37. The van der Waals surface area contributed by atoms with E-state index >= 15 is 0 Å². The first-order chi connectivity index (χ1) is 5.75. The molecule has 1 heteroatoms. The molecule has 0 radical (unpaired) electrons. The number of hydrogen-bond acceptors (Lipinski definition) is 1. The van der Waals surface area contributed by atoms with Gasteiger partial charge in [0.05, 0.1) is 0 Å². The predicted molar refractivity (Wildman–Crippen MR) is 54.0 cm³/mol. The molecule has 0 aromatic carbocycles. The molecule has 1 rings (SSSR count). The molecule has 1 nitrogen and oxygen atoms in total. The monoisotopic (exact) mass is 169 g/mol. The van der Waals surface area contributed by atoms with Gasteiger partial charge in [0.1, 0.15) is 0 Å². The van der Waals surface area contributed by atoms with Crippen molar-refractivity contribution in [1.29, 1.82) is 0 Å². The molecule has 0 spiro atoms. The summed E-state index contributed by atoms with van der Waals surface area (Å²) in [7, 11) is 0. The van der Waals surface area contributed by atoms with Crippen molar-refractivity contribution in [1.82, 2.24) is 0 Å². The Morgan fingerprint density at radius 1 is 1.25 bits per heavy atom. The minimum atomic E-state index is 0.488. The highest BCUT2D eigenvalue weighted by Gasteiger charge is 2.24. The van der Waals surface area contributed by atoms with E-state index in [0.29, 0.717) is 6.04 Å². The summed E-state index contributed by atoms with van der Waals surface area (Å²) in [5.41, 5.74) is 6.16. The molecule has 0 aliphatic heterocycles. The van der Waals surface area contributed by atoms with Crippen LogP contribution < -0.4 is 5.73 Å². The number of nitrogens with two attached hydrogens (primary N) is 1. The van der Waals surface area contributed by atoms with Crippen LogP contribution in [0.3, 0.4) is 0 Å². The molecule has 0 aromatic rings. The summed E-state index contributed by atoms with van der Waals surface area (Å²) in [4.78, 5) is 0. The van der Waals surface area contributed by atoms with Crippen molar-refractivity contribution in [2.24, 2.45) is 17.6 Å². The Balaban J connectivity index is 2.46. The highest BCUT2D eigenvalue weighted by molar-refractivity contribution is 4.79. The Morgan fingerprint density at radius 3 is 2.58 bits per heavy atom. The molecule has 1 aliphatic rings. The van der Waals surface area contributed by atoms with Gasteiger partial charge in [-0.2, -0.15) is 0 Å². The first-order valence-corrected chi connectivity index (χ1v) is 5.51. The van der Waals surface area contributed by atoms with Crippen LogP contribution in [0.15, 0.2) is 0 Å². The molecule has 1 saturated carbocycles. The van der Waals surface area contributed by atoms with Gasteiger partial charge < -0.3 is 5.73 Å². The maximum absolute atomic E-state index is 6.16. The number of hydrogen-bond donors (Lipinski definition) is 1. The summed E-state index contributed by atoms with van der Waals surface area (Å²) in [6.07, 6.45) is 8.08. The second kappa shape index (κ2) is 4.86. The van der Waals surface area contributed by atoms with Gasteiger partial charge >= 0.3 is 0 Å². The Kier molecular flexibility index (Phi) is 4.07. The third-order valence-electron chi connectivity index (χ3n) is 3.50. The summed E-state index contributed by atoms with van der Waals surface area (Å²) in [6.45, 7) is 4.64. The predicted octanol–water partition coefficient (Wildman–Crippen LogP) is 2.94. The summed E-state index contributed by atoms with van der Waals surface area (Å²) < 4.78 is 0.